The molecule has 1 amide bonds. The molecule has 0 saturated carbocycles. The summed E-state index contributed by atoms with van der Waals surface area (Å²) in [5.74, 6) is -0.635. The van der Waals surface area contributed by atoms with E-state index in [-0.39, 0.29) is 0 Å². The van der Waals surface area contributed by atoms with Crippen molar-refractivity contribution >= 4 is 23.2 Å². The van der Waals surface area contributed by atoms with Gasteiger partial charge in [0.15, 0.2) is 0 Å². The number of aromatic nitrogens is 1. The minimum atomic E-state index is -4.66. The van der Waals surface area contributed by atoms with Crippen LogP contribution in [0.2, 0.25) is 5.02 Å². The summed E-state index contributed by atoms with van der Waals surface area (Å²) in [7, 11) is 0. The number of anilines is 1. The molecule has 1 N–H and O–H groups in total. The zero-order valence-corrected chi connectivity index (χ0v) is 11.8. The zero-order chi connectivity index (χ0) is 16.3. The molecule has 0 unspecified atom stereocenters. The van der Waals surface area contributed by atoms with Gasteiger partial charge in [0, 0.05) is 11.9 Å². The molecule has 1 heterocycles. The molecule has 0 fully saturated rings. The van der Waals surface area contributed by atoms with Crippen LogP contribution in [0.4, 0.5) is 18.9 Å². The Labute approximate surface area is 128 Å². The Kier molecular flexibility index (Phi) is 4.56. The Hall–Kier alpha value is -2.28. The molecule has 0 atom stereocenters. The number of nitrogens with one attached hydrogen (secondary N) is 1. The third kappa shape index (κ3) is 3.88. The molecule has 22 heavy (non-hydrogen) atoms. The first kappa shape index (κ1) is 16.1. The summed E-state index contributed by atoms with van der Waals surface area (Å²) in [5, 5.41) is 1.88. The van der Waals surface area contributed by atoms with Crippen molar-refractivity contribution in [1.82, 2.24) is 4.57 Å². The largest absolute Gasteiger partial charge is 0.417 e. The fourth-order valence-corrected chi connectivity index (χ4v) is 1.97. The van der Waals surface area contributed by atoms with E-state index in [0.717, 1.165) is 0 Å². The van der Waals surface area contributed by atoms with Gasteiger partial charge in [-0.25, -0.2) is 0 Å². The Balaban J connectivity index is 2.24. The van der Waals surface area contributed by atoms with Gasteiger partial charge in [-0.1, -0.05) is 29.8 Å². The Bertz CT molecular complexity index is 742. The summed E-state index contributed by atoms with van der Waals surface area (Å²) >= 11 is 5.50. The lowest BCUT2D eigenvalue weighted by Crippen LogP contribution is -2.29. The first-order chi connectivity index (χ1) is 10.3. The predicted octanol–water partition coefficient (Wildman–Crippen LogP) is 3.16. The fourth-order valence-electron chi connectivity index (χ4n) is 1.75. The summed E-state index contributed by atoms with van der Waals surface area (Å²) in [5.41, 5.74) is -1.49. The minimum Gasteiger partial charge on any atom is -0.325 e. The number of carbonyl (C=O) groups excluding carboxylic acids is 1. The molecule has 2 aromatic rings. The molecule has 0 saturated heterocycles. The zero-order valence-electron chi connectivity index (χ0n) is 11.0. The van der Waals surface area contributed by atoms with E-state index in [1.807, 2.05) is 0 Å². The number of amides is 1. The van der Waals surface area contributed by atoms with Crippen molar-refractivity contribution in [2.45, 2.75) is 12.7 Å². The molecule has 1 aromatic carbocycles. The number of hydrogen-bond acceptors (Lipinski definition) is 2. The van der Waals surface area contributed by atoms with Crippen molar-refractivity contribution in [2.24, 2.45) is 0 Å². The van der Waals surface area contributed by atoms with Crippen LogP contribution in [0, 0.1) is 0 Å². The van der Waals surface area contributed by atoms with Gasteiger partial charge in [0.2, 0.25) is 5.91 Å². The summed E-state index contributed by atoms with van der Waals surface area (Å²) in [6.45, 7) is -0.572. The van der Waals surface area contributed by atoms with Gasteiger partial charge in [-0.05, 0) is 18.2 Å². The number of halogens is 4. The maximum Gasteiger partial charge on any atom is 0.417 e. The van der Waals surface area contributed by atoms with Crippen molar-refractivity contribution in [3.63, 3.8) is 0 Å². The van der Waals surface area contributed by atoms with Gasteiger partial charge in [0.25, 0.3) is 5.56 Å². The third-order valence-electron chi connectivity index (χ3n) is 2.74. The van der Waals surface area contributed by atoms with E-state index >= 15 is 0 Å². The number of hydrogen-bond donors (Lipinski definition) is 1. The second-order valence-electron chi connectivity index (χ2n) is 4.42. The van der Waals surface area contributed by atoms with Gasteiger partial charge < -0.3 is 9.88 Å². The number of rotatable bonds is 3. The van der Waals surface area contributed by atoms with Gasteiger partial charge >= 0.3 is 6.18 Å². The summed E-state index contributed by atoms with van der Waals surface area (Å²) in [6, 6.07) is 8.87. The average molecular weight is 331 g/mol. The molecular formula is C14H10ClF3N2O2. The van der Waals surface area contributed by atoms with Gasteiger partial charge in [0.05, 0.1) is 5.56 Å². The third-order valence-corrected chi connectivity index (χ3v) is 3.01. The maximum absolute atomic E-state index is 12.7. The van der Waals surface area contributed by atoms with E-state index in [1.54, 1.807) is 30.3 Å². The van der Waals surface area contributed by atoms with Crippen LogP contribution in [0.15, 0.2) is 47.4 Å². The Morgan fingerprint density at radius 1 is 1.23 bits per heavy atom. The molecule has 0 aliphatic carbocycles. The first-order valence-corrected chi connectivity index (χ1v) is 6.47. The van der Waals surface area contributed by atoms with Crippen LogP contribution in [0.25, 0.3) is 0 Å². The second-order valence-corrected chi connectivity index (χ2v) is 4.83. The molecule has 2 rings (SSSR count). The van der Waals surface area contributed by atoms with Crippen LogP contribution in [0.5, 0.6) is 0 Å². The smallest absolute Gasteiger partial charge is 0.325 e. The lowest BCUT2D eigenvalue weighted by Gasteiger charge is -2.12. The van der Waals surface area contributed by atoms with Crippen LogP contribution in [0.3, 0.4) is 0 Å². The fraction of sp³-hybridized carbons (Fsp3) is 0.143. The van der Waals surface area contributed by atoms with E-state index in [1.165, 1.54) is 0 Å². The summed E-state index contributed by atoms with van der Waals surface area (Å²) in [4.78, 5) is 23.5. The van der Waals surface area contributed by atoms with E-state index in [4.69, 9.17) is 11.6 Å². The molecule has 116 valence electrons. The van der Waals surface area contributed by atoms with Gasteiger partial charge in [-0.15, -0.1) is 0 Å². The highest BCUT2D eigenvalue weighted by molar-refractivity contribution is 6.30. The van der Waals surface area contributed by atoms with Gasteiger partial charge in [-0.3, -0.25) is 9.59 Å². The molecule has 0 aliphatic heterocycles. The SMILES string of the molecule is O=C(Cn1cc(C(F)(F)F)cc(Cl)c1=O)Nc1ccccc1. The van der Waals surface area contributed by atoms with Crippen LogP contribution in [0.1, 0.15) is 5.56 Å². The Morgan fingerprint density at radius 2 is 1.86 bits per heavy atom. The standard InChI is InChI=1S/C14H10ClF3N2O2/c15-11-6-9(14(16,17)18)7-20(13(11)22)8-12(21)19-10-4-2-1-3-5-10/h1-7H,8H2,(H,19,21). The van der Waals surface area contributed by atoms with E-state index in [0.29, 0.717) is 22.5 Å². The maximum atomic E-state index is 12.7. The molecule has 1 aromatic heterocycles. The normalized spacial score (nSPS) is 11.3. The minimum absolute atomic E-state index is 0.471. The van der Waals surface area contributed by atoms with Gasteiger partial charge in [0.1, 0.15) is 11.6 Å². The van der Waals surface area contributed by atoms with Crippen LogP contribution < -0.4 is 10.9 Å². The quantitative estimate of drug-likeness (QED) is 0.940. The monoisotopic (exact) mass is 330 g/mol. The number of para-hydroxylation sites is 1. The van der Waals surface area contributed by atoms with Crippen molar-refractivity contribution in [2.75, 3.05) is 5.32 Å². The second kappa shape index (κ2) is 6.23. The van der Waals surface area contributed by atoms with Crippen molar-refractivity contribution in [3.05, 3.63) is 63.5 Å². The van der Waals surface area contributed by atoms with E-state index in [9.17, 15) is 22.8 Å². The van der Waals surface area contributed by atoms with Crippen molar-refractivity contribution < 1.29 is 18.0 Å². The molecular weight excluding hydrogens is 321 g/mol. The number of nitrogens with zero attached hydrogens (tertiary/aromatic N) is 1. The average Bonchev–Trinajstić information content (AvgIpc) is 2.43. The lowest BCUT2D eigenvalue weighted by molar-refractivity contribution is -0.138. The van der Waals surface area contributed by atoms with Gasteiger partial charge in [-0.2, -0.15) is 13.2 Å². The van der Waals surface area contributed by atoms with E-state index in [2.05, 4.69) is 5.32 Å². The summed E-state index contributed by atoms with van der Waals surface area (Å²) < 4.78 is 38.7. The molecule has 4 nitrogen and oxygen atoms in total. The number of carbonyl (C=O) groups is 1. The molecule has 0 aliphatic rings. The van der Waals surface area contributed by atoms with E-state index < -0.39 is 34.8 Å². The lowest BCUT2D eigenvalue weighted by atomic mass is 10.2. The summed E-state index contributed by atoms with van der Waals surface area (Å²) in [6.07, 6.45) is -4.09. The van der Waals surface area contributed by atoms with Crippen molar-refractivity contribution in [3.8, 4) is 0 Å². The van der Waals surface area contributed by atoms with Crippen LogP contribution >= 0.6 is 11.6 Å². The first-order valence-electron chi connectivity index (χ1n) is 6.09. The van der Waals surface area contributed by atoms with Crippen LogP contribution in [-0.4, -0.2) is 10.5 Å². The Morgan fingerprint density at radius 3 is 2.45 bits per heavy atom. The highest BCUT2D eigenvalue weighted by atomic mass is 35.5. The van der Waals surface area contributed by atoms with Crippen LogP contribution in [-0.2, 0) is 17.5 Å². The molecule has 0 bridgehead atoms. The topological polar surface area (TPSA) is 51.1 Å². The van der Waals surface area contributed by atoms with Crippen molar-refractivity contribution in [1.29, 1.82) is 0 Å². The number of alkyl halides is 3. The highest BCUT2D eigenvalue weighted by Crippen LogP contribution is 2.29. The predicted molar refractivity (Wildman–Crippen MR) is 75.8 cm³/mol. The molecule has 0 radical (unpaired) electrons. The number of benzene rings is 1. The highest BCUT2D eigenvalue weighted by Gasteiger charge is 2.32. The molecule has 0 spiro atoms. The number of pyridine rings is 1. The molecule has 8 heteroatoms.